The van der Waals surface area contributed by atoms with Crippen molar-refractivity contribution >= 4 is 11.4 Å². The Kier molecular flexibility index (Phi) is 5.20. The maximum absolute atomic E-state index is 8.53. The topological polar surface area (TPSA) is 110 Å². The predicted molar refractivity (Wildman–Crippen MR) is 81.0 cm³/mol. The Morgan fingerprint density at radius 2 is 1.19 bits per heavy atom. The van der Waals surface area contributed by atoms with Crippen LogP contribution in [0.3, 0.4) is 0 Å². The molecule has 7 heteroatoms. The van der Waals surface area contributed by atoms with Gasteiger partial charge in [0.2, 0.25) is 0 Å². The molecule has 0 bridgehead atoms. The van der Waals surface area contributed by atoms with Gasteiger partial charge in [-0.15, -0.1) is 0 Å². The van der Waals surface area contributed by atoms with Crippen molar-refractivity contribution in [3.63, 3.8) is 0 Å². The normalized spacial score (nSPS) is 9.52. The minimum Gasteiger partial charge on any atom is -0.309 e. The maximum atomic E-state index is 8.53. The number of nitrogens with zero attached hydrogens (tertiary/aromatic N) is 6. The molecule has 0 saturated carbocycles. The van der Waals surface area contributed by atoms with Gasteiger partial charge in [-0.1, -0.05) is 58.8 Å². The molecule has 0 radical (unpaired) electrons. The standard InChI is InChI=1S/C14H13N7/c15-20-18-13-7-3-1-5-11(13)9-17-10-12-6-2-4-8-14(12)19-21-16/h1-8,17H,9-10H2. The lowest BCUT2D eigenvalue weighted by Crippen LogP contribution is -2.12. The minimum atomic E-state index is 0.555. The van der Waals surface area contributed by atoms with Crippen LogP contribution < -0.4 is 5.32 Å². The number of nitrogens with one attached hydrogen (secondary N) is 1. The number of benzene rings is 2. The van der Waals surface area contributed by atoms with Crippen LogP contribution in [0.5, 0.6) is 0 Å². The number of azide groups is 2. The highest BCUT2D eigenvalue weighted by Crippen LogP contribution is 2.20. The first kappa shape index (κ1) is 14.4. The van der Waals surface area contributed by atoms with Gasteiger partial charge in [-0.3, -0.25) is 0 Å². The number of rotatable bonds is 6. The molecular formula is C14H13N7. The summed E-state index contributed by atoms with van der Waals surface area (Å²) in [7, 11) is 0. The van der Waals surface area contributed by atoms with Gasteiger partial charge in [-0.25, -0.2) is 0 Å². The van der Waals surface area contributed by atoms with Crippen LogP contribution in [0.4, 0.5) is 11.4 Å². The second-order valence-electron chi connectivity index (χ2n) is 4.24. The van der Waals surface area contributed by atoms with Crippen LogP contribution >= 0.6 is 0 Å². The second-order valence-corrected chi connectivity index (χ2v) is 4.24. The van der Waals surface area contributed by atoms with Crippen molar-refractivity contribution in [1.29, 1.82) is 0 Å². The van der Waals surface area contributed by atoms with Crippen LogP contribution in [0.15, 0.2) is 58.8 Å². The van der Waals surface area contributed by atoms with E-state index >= 15 is 0 Å². The first-order valence-corrected chi connectivity index (χ1v) is 6.32. The van der Waals surface area contributed by atoms with E-state index in [1.54, 1.807) is 12.1 Å². The summed E-state index contributed by atoms with van der Waals surface area (Å²) in [5, 5.41) is 10.6. The van der Waals surface area contributed by atoms with Crippen molar-refractivity contribution in [2.75, 3.05) is 0 Å². The van der Waals surface area contributed by atoms with Crippen molar-refractivity contribution in [3.05, 3.63) is 80.5 Å². The third-order valence-corrected chi connectivity index (χ3v) is 2.92. The molecule has 7 nitrogen and oxygen atoms in total. The SMILES string of the molecule is [N-]=[N+]=Nc1ccccc1CNCc1ccccc1N=[N+]=[N-]. The van der Waals surface area contributed by atoms with Crippen molar-refractivity contribution in [2.45, 2.75) is 13.1 Å². The van der Waals surface area contributed by atoms with Gasteiger partial charge in [0, 0.05) is 34.3 Å². The highest BCUT2D eigenvalue weighted by Gasteiger charge is 2.02. The molecule has 0 aliphatic carbocycles. The zero-order valence-electron chi connectivity index (χ0n) is 11.2. The summed E-state index contributed by atoms with van der Waals surface area (Å²) in [5.74, 6) is 0. The third-order valence-electron chi connectivity index (χ3n) is 2.92. The van der Waals surface area contributed by atoms with Gasteiger partial charge in [-0.05, 0) is 22.2 Å². The Bertz CT molecular complexity index is 651. The van der Waals surface area contributed by atoms with Crippen molar-refractivity contribution < 1.29 is 0 Å². The molecule has 0 spiro atoms. The third kappa shape index (κ3) is 3.99. The summed E-state index contributed by atoms with van der Waals surface area (Å²) in [5.41, 5.74) is 20.1. The summed E-state index contributed by atoms with van der Waals surface area (Å²) in [6.07, 6.45) is 0. The molecule has 21 heavy (non-hydrogen) atoms. The molecule has 0 fully saturated rings. The molecular weight excluding hydrogens is 266 g/mol. The molecule has 104 valence electrons. The fourth-order valence-electron chi connectivity index (χ4n) is 1.94. The van der Waals surface area contributed by atoms with Crippen molar-refractivity contribution in [1.82, 2.24) is 5.32 Å². The lowest BCUT2D eigenvalue weighted by atomic mass is 10.1. The van der Waals surface area contributed by atoms with Gasteiger partial charge in [0.25, 0.3) is 0 Å². The van der Waals surface area contributed by atoms with E-state index in [9.17, 15) is 0 Å². The summed E-state index contributed by atoms with van der Waals surface area (Å²) in [6.45, 7) is 1.11. The molecule has 0 aliphatic rings. The molecule has 2 rings (SSSR count). The first-order valence-electron chi connectivity index (χ1n) is 6.32. The lowest BCUT2D eigenvalue weighted by molar-refractivity contribution is 0.694. The molecule has 2 aromatic carbocycles. The predicted octanol–water partition coefficient (Wildman–Crippen LogP) is 4.86. The molecule has 0 amide bonds. The minimum absolute atomic E-state index is 0.555. The summed E-state index contributed by atoms with van der Waals surface area (Å²) >= 11 is 0. The first-order chi connectivity index (χ1) is 10.3. The van der Waals surface area contributed by atoms with Gasteiger partial charge in [-0.2, -0.15) is 0 Å². The maximum Gasteiger partial charge on any atom is 0.0420 e. The monoisotopic (exact) mass is 279 g/mol. The number of hydrogen-bond donors (Lipinski definition) is 1. The van der Waals surface area contributed by atoms with E-state index in [1.807, 2.05) is 36.4 Å². The highest BCUT2D eigenvalue weighted by atomic mass is 15.1. The van der Waals surface area contributed by atoms with E-state index in [0.29, 0.717) is 24.5 Å². The summed E-state index contributed by atoms with van der Waals surface area (Å²) < 4.78 is 0. The average Bonchev–Trinajstić information content (AvgIpc) is 2.51. The average molecular weight is 279 g/mol. The van der Waals surface area contributed by atoms with Crippen LogP contribution in [-0.4, -0.2) is 0 Å². The molecule has 0 aliphatic heterocycles. The number of hydrogen-bond acceptors (Lipinski definition) is 3. The molecule has 0 heterocycles. The fourth-order valence-corrected chi connectivity index (χ4v) is 1.94. The molecule has 2 aromatic rings. The van der Waals surface area contributed by atoms with Crippen LogP contribution in [0.1, 0.15) is 11.1 Å². The quantitative estimate of drug-likeness (QED) is 0.454. The van der Waals surface area contributed by atoms with Gasteiger partial charge in [0.05, 0.1) is 0 Å². The largest absolute Gasteiger partial charge is 0.309 e. The van der Waals surface area contributed by atoms with Gasteiger partial charge in [0.1, 0.15) is 0 Å². The summed E-state index contributed by atoms with van der Waals surface area (Å²) in [6, 6.07) is 14.8. The second kappa shape index (κ2) is 7.57. The lowest BCUT2D eigenvalue weighted by Gasteiger charge is -2.09. The van der Waals surface area contributed by atoms with E-state index in [1.165, 1.54) is 0 Å². The molecule has 0 aromatic heterocycles. The van der Waals surface area contributed by atoms with Crippen molar-refractivity contribution in [3.8, 4) is 0 Å². The fraction of sp³-hybridized carbons (Fsp3) is 0.143. The van der Waals surface area contributed by atoms with E-state index in [4.69, 9.17) is 11.1 Å². The Morgan fingerprint density at radius 1 is 0.762 bits per heavy atom. The van der Waals surface area contributed by atoms with Crippen molar-refractivity contribution in [2.24, 2.45) is 10.2 Å². The summed E-state index contributed by atoms with van der Waals surface area (Å²) in [4.78, 5) is 5.63. The van der Waals surface area contributed by atoms with E-state index in [2.05, 4.69) is 25.4 Å². The van der Waals surface area contributed by atoms with Gasteiger partial charge >= 0.3 is 0 Å². The Morgan fingerprint density at radius 3 is 1.62 bits per heavy atom. The molecule has 0 saturated heterocycles. The van der Waals surface area contributed by atoms with Crippen LogP contribution in [0, 0.1) is 0 Å². The van der Waals surface area contributed by atoms with E-state index in [-0.39, 0.29) is 0 Å². The highest BCUT2D eigenvalue weighted by molar-refractivity contribution is 5.47. The van der Waals surface area contributed by atoms with Gasteiger partial charge in [0.15, 0.2) is 0 Å². The Labute approximate surface area is 121 Å². The van der Waals surface area contributed by atoms with Gasteiger partial charge < -0.3 is 5.32 Å². The zero-order chi connectivity index (χ0) is 14.9. The Balaban J connectivity index is 2.05. The van der Waals surface area contributed by atoms with E-state index in [0.717, 1.165) is 11.1 Å². The zero-order valence-corrected chi connectivity index (χ0v) is 11.2. The van der Waals surface area contributed by atoms with E-state index < -0.39 is 0 Å². The van der Waals surface area contributed by atoms with Crippen LogP contribution in [0.2, 0.25) is 0 Å². The molecule has 1 N–H and O–H groups in total. The smallest absolute Gasteiger partial charge is 0.0420 e. The van der Waals surface area contributed by atoms with Crippen LogP contribution in [0.25, 0.3) is 20.9 Å². The van der Waals surface area contributed by atoms with Crippen LogP contribution in [-0.2, 0) is 13.1 Å². The molecule has 0 unspecified atom stereocenters. The molecule has 0 atom stereocenters. The Hall–Kier alpha value is -2.98.